The molecule has 1 unspecified atom stereocenters. The zero-order valence-corrected chi connectivity index (χ0v) is 19.4. The van der Waals surface area contributed by atoms with Crippen molar-refractivity contribution in [3.63, 3.8) is 0 Å². The van der Waals surface area contributed by atoms with Crippen molar-refractivity contribution in [3.05, 3.63) is 35.9 Å². The summed E-state index contributed by atoms with van der Waals surface area (Å²) in [4.78, 5) is 4.31. The summed E-state index contributed by atoms with van der Waals surface area (Å²) >= 11 is 0. The van der Waals surface area contributed by atoms with Crippen LogP contribution in [0.4, 0.5) is 0 Å². The van der Waals surface area contributed by atoms with Crippen molar-refractivity contribution in [1.29, 1.82) is 0 Å². The SMILES string of the molecule is CN=C(NCCS(=O)Cc1ccccc1)NC1CCC(C(C)C)CC1.I. The highest BCUT2D eigenvalue weighted by Gasteiger charge is 2.23. The average molecular weight is 491 g/mol. The van der Waals surface area contributed by atoms with E-state index in [0.29, 0.717) is 24.1 Å². The van der Waals surface area contributed by atoms with Gasteiger partial charge in [0.25, 0.3) is 0 Å². The molecule has 1 aliphatic rings. The van der Waals surface area contributed by atoms with E-state index in [4.69, 9.17) is 0 Å². The summed E-state index contributed by atoms with van der Waals surface area (Å²) in [6.45, 7) is 5.34. The van der Waals surface area contributed by atoms with Gasteiger partial charge in [-0.05, 0) is 43.1 Å². The summed E-state index contributed by atoms with van der Waals surface area (Å²) in [5.74, 6) is 3.75. The Kier molecular flexibility index (Phi) is 11.4. The Morgan fingerprint density at radius 2 is 1.85 bits per heavy atom. The lowest BCUT2D eigenvalue weighted by molar-refractivity contribution is 0.250. The molecule has 0 saturated heterocycles. The molecule has 0 aromatic heterocycles. The zero-order valence-electron chi connectivity index (χ0n) is 16.2. The molecule has 0 heterocycles. The van der Waals surface area contributed by atoms with Crippen LogP contribution in [0.1, 0.15) is 45.1 Å². The number of halogens is 1. The van der Waals surface area contributed by atoms with E-state index in [9.17, 15) is 4.21 Å². The third-order valence-electron chi connectivity index (χ3n) is 5.07. The van der Waals surface area contributed by atoms with Gasteiger partial charge in [0.1, 0.15) is 0 Å². The van der Waals surface area contributed by atoms with E-state index < -0.39 is 10.8 Å². The average Bonchev–Trinajstić information content (AvgIpc) is 2.62. The molecule has 1 aromatic rings. The molecule has 0 amide bonds. The molecule has 0 spiro atoms. The van der Waals surface area contributed by atoms with Crippen LogP contribution in [0.25, 0.3) is 0 Å². The molecule has 1 saturated carbocycles. The monoisotopic (exact) mass is 491 g/mol. The second-order valence-electron chi connectivity index (χ2n) is 7.27. The fourth-order valence-corrected chi connectivity index (χ4v) is 4.47. The summed E-state index contributed by atoms with van der Waals surface area (Å²) < 4.78 is 12.2. The highest BCUT2D eigenvalue weighted by atomic mass is 127. The first kappa shape index (κ1) is 23.4. The van der Waals surface area contributed by atoms with Crippen molar-refractivity contribution in [1.82, 2.24) is 10.6 Å². The number of rotatable bonds is 7. The summed E-state index contributed by atoms with van der Waals surface area (Å²) in [6, 6.07) is 10.5. The lowest BCUT2D eigenvalue weighted by atomic mass is 9.80. The van der Waals surface area contributed by atoms with E-state index in [1.54, 1.807) is 7.05 Å². The molecule has 2 rings (SSSR count). The lowest BCUT2D eigenvalue weighted by Crippen LogP contribution is -2.46. The number of hydrogen-bond donors (Lipinski definition) is 2. The van der Waals surface area contributed by atoms with Gasteiger partial charge in [-0.2, -0.15) is 0 Å². The third kappa shape index (κ3) is 8.37. The van der Waals surface area contributed by atoms with Crippen LogP contribution in [-0.4, -0.2) is 35.6 Å². The van der Waals surface area contributed by atoms with Gasteiger partial charge >= 0.3 is 0 Å². The minimum absolute atomic E-state index is 0. The molecule has 0 bridgehead atoms. The van der Waals surface area contributed by atoms with E-state index in [1.165, 1.54) is 25.7 Å². The Morgan fingerprint density at radius 3 is 2.42 bits per heavy atom. The maximum atomic E-state index is 12.2. The van der Waals surface area contributed by atoms with Crippen LogP contribution in [-0.2, 0) is 16.6 Å². The van der Waals surface area contributed by atoms with Crippen LogP contribution in [0.2, 0.25) is 0 Å². The van der Waals surface area contributed by atoms with E-state index in [1.807, 2.05) is 30.3 Å². The van der Waals surface area contributed by atoms with Crippen molar-refractivity contribution in [3.8, 4) is 0 Å². The molecular formula is C20H34IN3OS. The highest BCUT2D eigenvalue weighted by Crippen LogP contribution is 2.29. The van der Waals surface area contributed by atoms with E-state index in [0.717, 1.165) is 23.4 Å². The van der Waals surface area contributed by atoms with Gasteiger partial charge in [-0.1, -0.05) is 44.2 Å². The van der Waals surface area contributed by atoms with Gasteiger partial charge in [0.2, 0.25) is 0 Å². The molecule has 1 atom stereocenters. The van der Waals surface area contributed by atoms with E-state index in [-0.39, 0.29) is 24.0 Å². The van der Waals surface area contributed by atoms with Crippen molar-refractivity contribution in [2.75, 3.05) is 19.3 Å². The lowest BCUT2D eigenvalue weighted by Gasteiger charge is -2.32. The number of nitrogens with zero attached hydrogens (tertiary/aromatic N) is 1. The smallest absolute Gasteiger partial charge is 0.191 e. The maximum absolute atomic E-state index is 12.2. The minimum Gasteiger partial charge on any atom is -0.355 e. The van der Waals surface area contributed by atoms with Gasteiger partial charge in [0.05, 0.1) is 0 Å². The first-order valence-electron chi connectivity index (χ1n) is 9.44. The Bertz CT molecular complexity index is 557. The molecule has 148 valence electrons. The first-order chi connectivity index (χ1) is 12.1. The molecule has 1 aromatic carbocycles. The molecule has 4 nitrogen and oxygen atoms in total. The van der Waals surface area contributed by atoms with Crippen LogP contribution in [0, 0.1) is 11.8 Å². The molecule has 2 N–H and O–H groups in total. The molecule has 1 aliphatic carbocycles. The number of hydrogen-bond acceptors (Lipinski definition) is 2. The second kappa shape index (κ2) is 12.7. The van der Waals surface area contributed by atoms with Gasteiger partial charge in [-0.15, -0.1) is 24.0 Å². The van der Waals surface area contributed by atoms with Gasteiger partial charge in [-0.25, -0.2) is 0 Å². The van der Waals surface area contributed by atoms with Crippen LogP contribution in [0.5, 0.6) is 0 Å². The van der Waals surface area contributed by atoms with Crippen molar-refractivity contribution >= 4 is 40.7 Å². The summed E-state index contributed by atoms with van der Waals surface area (Å²) in [5, 5.41) is 6.84. The van der Waals surface area contributed by atoms with Crippen LogP contribution >= 0.6 is 24.0 Å². The highest BCUT2D eigenvalue weighted by molar-refractivity contribution is 14.0. The third-order valence-corrected chi connectivity index (χ3v) is 6.39. The molecular weight excluding hydrogens is 457 g/mol. The summed E-state index contributed by atoms with van der Waals surface area (Å²) in [7, 11) is 0.950. The molecule has 26 heavy (non-hydrogen) atoms. The zero-order chi connectivity index (χ0) is 18.1. The van der Waals surface area contributed by atoms with Gasteiger partial charge in [0, 0.05) is 41.9 Å². The Hall–Kier alpha value is -0.630. The van der Waals surface area contributed by atoms with Gasteiger partial charge < -0.3 is 10.6 Å². The van der Waals surface area contributed by atoms with Crippen molar-refractivity contribution in [2.45, 2.75) is 51.3 Å². The fraction of sp³-hybridized carbons (Fsp3) is 0.650. The predicted octanol–water partition coefficient (Wildman–Crippen LogP) is 3.93. The van der Waals surface area contributed by atoms with E-state index in [2.05, 4.69) is 29.5 Å². The largest absolute Gasteiger partial charge is 0.355 e. The normalized spacial score (nSPS) is 21.8. The number of benzene rings is 1. The van der Waals surface area contributed by atoms with Crippen molar-refractivity contribution < 1.29 is 4.21 Å². The first-order valence-corrected chi connectivity index (χ1v) is 10.9. The molecule has 0 aliphatic heterocycles. The van der Waals surface area contributed by atoms with Crippen molar-refractivity contribution in [2.24, 2.45) is 16.8 Å². The Balaban J connectivity index is 0.00000338. The summed E-state index contributed by atoms with van der Waals surface area (Å²) in [5.41, 5.74) is 1.13. The number of guanidine groups is 1. The number of aliphatic imine (C=N–C) groups is 1. The maximum Gasteiger partial charge on any atom is 0.191 e. The molecule has 1 fully saturated rings. The quantitative estimate of drug-likeness (QED) is 0.345. The van der Waals surface area contributed by atoms with Crippen LogP contribution in [0.15, 0.2) is 35.3 Å². The van der Waals surface area contributed by atoms with Gasteiger partial charge in [-0.3, -0.25) is 9.20 Å². The van der Waals surface area contributed by atoms with E-state index >= 15 is 0 Å². The molecule has 6 heteroatoms. The van der Waals surface area contributed by atoms with Gasteiger partial charge in [0.15, 0.2) is 5.96 Å². The standard InChI is InChI=1S/C20H33N3OS.HI/c1-16(2)18-9-11-19(12-10-18)23-20(21-3)22-13-14-25(24)15-17-7-5-4-6-8-17;/h4-8,16,18-19H,9-15H2,1-3H3,(H2,21,22,23);1H. The van der Waals surface area contributed by atoms with Crippen LogP contribution in [0.3, 0.4) is 0 Å². The second-order valence-corrected chi connectivity index (χ2v) is 8.85. The Morgan fingerprint density at radius 1 is 1.19 bits per heavy atom. The number of nitrogens with one attached hydrogen (secondary N) is 2. The molecule has 0 radical (unpaired) electrons. The Labute approximate surface area is 178 Å². The minimum atomic E-state index is -0.851. The summed E-state index contributed by atoms with van der Waals surface area (Å²) in [6.07, 6.45) is 5.02. The van der Waals surface area contributed by atoms with Crippen LogP contribution < -0.4 is 10.6 Å². The topological polar surface area (TPSA) is 53.5 Å². The fourth-order valence-electron chi connectivity index (χ4n) is 3.43. The predicted molar refractivity (Wildman–Crippen MR) is 124 cm³/mol.